The molecule has 0 aromatic carbocycles. The molecule has 1 unspecified atom stereocenters. The SMILES string of the molecule is CCCCCCCCCCCCCCCCCC(O)C[C@H]1OC(=O)[C@@H]1CC. The highest BCUT2D eigenvalue weighted by Crippen LogP contribution is 2.29. The van der Waals surface area contributed by atoms with Crippen molar-refractivity contribution < 1.29 is 14.6 Å². The van der Waals surface area contributed by atoms with Gasteiger partial charge in [-0.1, -0.05) is 110 Å². The van der Waals surface area contributed by atoms with Crippen LogP contribution in [0.15, 0.2) is 0 Å². The summed E-state index contributed by atoms with van der Waals surface area (Å²) >= 11 is 0. The summed E-state index contributed by atoms with van der Waals surface area (Å²) in [5.74, 6) is -0.0534. The molecule has 1 fully saturated rings. The number of aliphatic hydroxyl groups excluding tert-OH is 1. The van der Waals surface area contributed by atoms with E-state index >= 15 is 0 Å². The minimum absolute atomic E-state index is 0.0284. The van der Waals surface area contributed by atoms with Gasteiger partial charge in [-0.15, -0.1) is 0 Å². The normalized spacial score (nSPS) is 20.3. The third-order valence-electron chi connectivity index (χ3n) is 6.10. The summed E-state index contributed by atoms with van der Waals surface area (Å²) in [5.41, 5.74) is 0. The van der Waals surface area contributed by atoms with E-state index in [1.54, 1.807) is 0 Å². The van der Waals surface area contributed by atoms with E-state index in [0.29, 0.717) is 6.42 Å². The van der Waals surface area contributed by atoms with E-state index in [4.69, 9.17) is 4.74 Å². The van der Waals surface area contributed by atoms with Gasteiger partial charge in [-0.25, -0.2) is 0 Å². The number of carbonyl (C=O) groups is 1. The predicted molar refractivity (Wildman–Crippen MR) is 114 cm³/mol. The van der Waals surface area contributed by atoms with Crippen LogP contribution >= 0.6 is 0 Å². The van der Waals surface area contributed by atoms with Crippen molar-refractivity contribution in [3.05, 3.63) is 0 Å². The van der Waals surface area contributed by atoms with Crippen molar-refractivity contribution >= 4 is 5.97 Å². The summed E-state index contributed by atoms with van der Waals surface area (Å²) < 4.78 is 5.14. The van der Waals surface area contributed by atoms with Gasteiger partial charge in [0.05, 0.1) is 12.0 Å². The summed E-state index contributed by atoms with van der Waals surface area (Å²) in [6.07, 6.45) is 22.4. The Bertz CT molecular complexity index is 356. The molecule has 0 aromatic heterocycles. The van der Waals surface area contributed by atoms with E-state index in [9.17, 15) is 9.90 Å². The number of hydrogen-bond donors (Lipinski definition) is 1. The molecule has 1 aliphatic rings. The maximum Gasteiger partial charge on any atom is 0.313 e. The molecule has 0 bridgehead atoms. The van der Waals surface area contributed by atoms with E-state index in [2.05, 4.69) is 6.92 Å². The lowest BCUT2D eigenvalue weighted by atomic mass is 9.89. The van der Waals surface area contributed by atoms with E-state index in [1.807, 2.05) is 6.92 Å². The molecule has 3 nitrogen and oxygen atoms in total. The lowest BCUT2D eigenvalue weighted by Crippen LogP contribution is -2.46. The van der Waals surface area contributed by atoms with E-state index in [-0.39, 0.29) is 24.1 Å². The first-order valence-corrected chi connectivity index (χ1v) is 12.1. The van der Waals surface area contributed by atoms with Crippen molar-refractivity contribution in [3.8, 4) is 0 Å². The Kier molecular flexibility index (Phi) is 14.9. The average molecular weight is 383 g/mol. The van der Waals surface area contributed by atoms with E-state index < -0.39 is 0 Å². The zero-order valence-corrected chi connectivity index (χ0v) is 18.2. The fourth-order valence-electron chi connectivity index (χ4n) is 4.18. The lowest BCUT2D eigenvalue weighted by Gasteiger charge is -2.35. The number of carbonyl (C=O) groups excluding carboxylic acids is 1. The number of unbranched alkanes of at least 4 members (excludes halogenated alkanes) is 14. The van der Waals surface area contributed by atoms with Crippen molar-refractivity contribution in [2.24, 2.45) is 5.92 Å². The van der Waals surface area contributed by atoms with Crippen LogP contribution in [0.4, 0.5) is 0 Å². The van der Waals surface area contributed by atoms with Gasteiger partial charge in [-0.3, -0.25) is 4.79 Å². The molecule has 3 heteroatoms. The predicted octanol–water partition coefficient (Wildman–Crippen LogP) is 6.95. The molecule has 160 valence electrons. The molecule has 1 rings (SSSR count). The van der Waals surface area contributed by atoms with Crippen LogP contribution in [0.3, 0.4) is 0 Å². The van der Waals surface area contributed by atoms with Gasteiger partial charge in [0.15, 0.2) is 0 Å². The molecule has 0 spiro atoms. The van der Waals surface area contributed by atoms with Gasteiger partial charge in [0.25, 0.3) is 0 Å². The number of ether oxygens (including phenoxy) is 1. The van der Waals surface area contributed by atoms with Crippen molar-refractivity contribution in [1.29, 1.82) is 0 Å². The van der Waals surface area contributed by atoms with Gasteiger partial charge >= 0.3 is 5.97 Å². The van der Waals surface area contributed by atoms with Crippen molar-refractivity contribution in [2.75, 3.05) is 0 Å². The number of rotatable bonds is 19. The Morgan fingerprint density at radius 1 is 0.778 bits per heavy atom. The molecular formula is C24H46O3. The minimum atomic E-state index is -0.306. The Morgan fingerprint density at radius 2 is 1.22 bits per heavy atom. The van der Waals surface area contributed by atoms with Crippen LogP contribution in [-0.2, 0) is 9.53 Å². The molecule has 0 aliphatic carbocycles. The van der Waals surface area contributed by atoms with Crippen LogP contribution < -0.4 is 0 Å². The molecule has 3 atom stereocenters. The van der Waals surface area contributed by atoms with Crippen LogP contribution in [0.5, 0.6) is 0 Å². The Hall–Kier alpha value is -0.570. The van der Waals surface area contributed by atoms with Crippen molar-refractivity contribution in [1.82, 2.24) is 0 Å². The van der Waals surface area contributed by atoms with Crippen LogP contribution in [0.25, 0.3) is 0 Å². The van der Waals surface area contributed by atoms with Crippen molar-refractivity contribution in [2.45, 2.75) is 142 Å². The Balaban J connectivity index is 1.77. The zero-order chi connectivity index (χ0) is 19.7. The quantitative estimate of drug-likeness (QED) is 0.194. The third-order valence-corrected chi connectivity index (χ3v) is 6.10. The van der Waals surface area contributed by atoms with Gasteiger partial charge < -0.3 is 9.84 Å². The third kappa shape index (κ3) is 11.8. The highest BCUT2D eigenvalue weighted by Gasteiger charge is 2.41. The summed E-state index contributed by atoms with van der Waals surface area (Å²) in [5, 5.41) is 10.1. The number of cyclic esters (lactones) is 1. The van der Waals surface area contributed by atoms with Crippen LogP contribution in [0, 0.1) is 5.92 Å². The molecule has 1 aliphatic heterocycles. The first kappa shape index (κ1) is 24.5. The first-order chi connectivity index (χ1) is 13.2. The number of aliphatic hydroxyl groups is 1. The Labute approximate surface area is 168 Å². The van der Waals surface area contributed by atoms with Gasteiger partial charge in [0.1, 0.15) is 6.10 Å². The summed E-state index contributed by atoms with van der Waals surface area (Å²) in [6, 6.07) is 0. The summed E-state index contributed by atoms with van der Waals surface area (Å²) in [4.78, 5) is 11.3. The van der Waals surface area contributed by atoms with Crippen molar-refractivity contribution in [3.63, 3.8) is 0 Å². The van der Waals surface area contributed by atoms with Crippen LogP contribution in [-0.4, -0.2) is 23.3 Å². The van der Waals surface area contributed by atoms with Crippen LogP contribution in [0.2, 0.25) is 0 Å². The second-order valence-corrected chi connectivity index (χ2v) is 8.62. The highest BCUT2D eigenvalue weighted by atomic mass is 16.6. The van der Waals surface area contributed by atoms with Gasteiger partial charge in [0.2, 0.25) is 0 Å². The molecule has 1 saturated heterocycles. The molecule has 0 radical (unpaired) electrons. The van der Waals surface area contributed by atoms with Gasteiger partial charge in [-0.2, -0.15) is 0 Å². The Morgan fingerprint density at radius 3 is 1.63 bits per heavy atom. The smallest absolute Gasteiger partial charge is 0.313 e. The summed E-state index contributed by atoms with van der Waals surface area (Å²) in [7, 11) is 0. The number of esters is 1. The first-order valence-electron chi connectivity index (χ1n) is 12.1. The molecule has 1 heterocycles. The molecular weight excluding hydrogens is 336 g/mol. The van der Waals surface area contributed by atoms with Crippen LogP contribution in [0.1, 0.15) is 129 Å². The fraction of sp³-hybridized carbons (Fsp3) is 0.958. The standard InChI is InChI=1S/C24H46O3/c1-3-5-6-7-8-9-10-11-12-13-14-15-16-17-18-19-21(25)20-23-22(4-2)24(26)27-23/h21-23,25H,3-20H2,1-2H3/t21?,22-,23-/m1/s1. The maximum absolute atomic E-state index is 11.3. The highest BCUT2D eigenvalue weighted by molar-refractivity contribution is 5.78. The van der Waals surface area contributed by atoms with Gasteiger partial charge in [0, 0.05) is 6.42 Å². The molecule has 0 aromatic rings. The second-order valence-electron chi connectivity index (χ2n) is 8.62. The maximum atomic E-state index is 11.3. The zero-order valence-electron chi connectivity index (χ0n) is 18.2. The number of hydrogen-bond acceptors (Lipinski definition) is 3. The minimum Gasteiger partial charge on any atom is -0.461 e. The second kappa shape index (κ2) is 16.4. The van der Waals surface area contributed by atoms with E-state index in [0.717, 1.165) is 19.3 Å². The summed E-state index contributed by atoms with van der Waals surface area (Å²) in [6.45, 7) is 4.29. The average Bonchev–Trinajstić information content (AvgIpc) is 2.64. The van der Waals surface area contributed by atoms with Gasteiger partial charge in [-0.05, 0) is 12.8 Å². The molecule has 0 saturated carbocycles. The molecule has 27 heavy (non-hydrogen) atoms. The fourth-order valence-corrected chi connectivity index (χ4v) is 4.18. The molecule has 0 amide bonds. The monoisotopic (exact) mass is 382 g/mol. The lowest BCUT2D eigenvalue weighted by molar-refractivity contribution is -0.188. The van der Waals surface area contributed by atoms with E-state index in [1.165, 1.54) is 89.9 Å². The largest absolute Gasteiger partial charge is 0.461 e. The topological polar surface area (TPSA) is 46.5 Å². The molecule has 1 N–H and O–H groups in total.